The van der Waals surface area contributed by atoms with Crippen molar-refractivity contribution in [1.82, 2.24) is 10.6 Å². The van der Waals surface area contributed by atoms with Crippen molar-refractivity contribution in [2.24, 2.45) is 0 Å². The van der Waals surface area contributed by atoms with Crippen LogP contribution in [0.1, 0.15) is 26.3 Å². The topological polar surface area (TPSA) is 67.4 Å². The molecule has 1 fully saturated rings. The Morgan fingerprint density at radius 2 is 2.00 bits per heavy atom. The Labute approximate surface area is 106 Å². The zero-order valence-electron chi connectivity index (χ0n) is 10.6. The first-order valence-corrected chi connectivity index (χ1v) is 5.82. The van der Waals surface area contributed by atoms with Crippen molar-refractivity contribution in [2.75, 3.05) is 0 Å². The van der Waals surface area contributed by atoms with E-state index >= 15 is 0 Å². The average Bonchev–Trinajstić information content (AvgIpc) is 2.53. The standard InChI is InChI=1S/C13H16N2O3/c1-8(2)18-10-6-4-5-9(7-10)13(3)11(16)14-12(17)15-13/h4-8H,1-3H3,(H2,14,15,16,17). The maximum atomic E-state index is 11.8. The Morgan fingerprint density at radius 3 is 2.56 bits per heavy atom. The number of carbonyl (C=O) groups excluding carboxylic acids is 2. The molecule has 1 heterocycles. The molecule has 1 aromatic carbocycles. The summed E-state index contributed by atoms with van der Waals surface area (Å²) in [4.78, 5) is 23.0. The molecule has 96 valence electrons. The van der Waals surface area contributed by atoms with Crippen LogP contribution in [0.15, 0.2) is 24.3 Å². The van der Waals surface area contributed by atoms with E-state index < -0.39 is 11.6 Å². The minimum Gasteiger partial charge on any atom is -0.491 e. The molecule has 5 heteroatoms. The van der Waals surface area contributed by atoms with E-state index in [1.165, 1.54) is 0 Å². The van der Waals surface area contributed by atoms with Crippen molar-refractivity contribution in [3.05, 3.63) is 29.8 Å². The molecular formula is C13H16N2O3. The summed E-state index contributed by atoms with van der Waals surface area (Å²) in [5, 5.41) is 4.86. The van der Waals surface area contributed by atoms with E-state index in [0.717, 1.165) is 0 Å². The Kier molecular flexibility index (Phi) is 2.98. The lowest BCUT2D eigenvalue weighted by atomic mass is 9.92. The smallest absolute Gasteiger partial charge is 0.322 e. The van der Waals surface area contributed by atoms with Gasteiger partial charge in [0.25, 0.3) is 5.91 Å². The van der Waals surface area contributed by atoms with Crippen LogP contribution in [0.25, 0.3) is 0 Å². The first kappa shape index (κ1) is 12.4. The highest BCUT2D eigenvalue weighted by Gasteiger charge is 2.43. The summed E-state index contributed by atoms with van der Waals surface area (Å²) in [7, 11) is 0. The van der Waals surface area contributed by atoms with Gasteiger partial charge in [0, 0.05) is 0 Å². The average molecular weight is 248 g/mol. The van der Waals surface area contributed by atoms with Gasteiger partial charge in [-0.25, -0.2) is 4.79 Å². The van der Waals surface area contributed by atoms with Gasteiger partial charge in [-0.05, 0) is 38.5 Å². The zero-order chi connectivity index (χ0) is 13.3. The molecule has 1 atom stereocenters. The number of hydrogen-bond acceptors (Lipinski definition) is 3. The predicted octanol–water partition coefficient (Wildman–Crippen LogP) is 1.53. The first-order valence-electron chi connectivity index (χ1n) is 5.82. The van der Waals surface area contributed by atoms with E-state index in [2.05, 4.69) is 10.6 Å². The molecule has 1 saturated heterocycles. The van der Waals surface area contributed by atoms with E-state index in [-0.39, 0.29) is 12.0 Å². The minimum atomic E-state index is -1.03. The van der Waals surface area contributed by atoms with E-state index in [1.54, 1.807) is 25.1 Å². The first-order chi connectivity index (χ1) is 8.41. The van der Waals surface area contributed by atoms with Gasteiger partial charge in [0.2, 0.25) is 0 Å². The third kappa shape index (κ3) is 2.16. The largest absolute Gasteiger partial charge is 0.491 e. The van der Waals surface area contributed by atoms with Crippen LogP contribution >= 0.6 is 0 Å². The summed E-state index contributed by atoms with van der Waals surface area (Å²) < 4.78 is 5.58. The molecule has 1 aromatic rings. The Morgan fingerprint density at radius 1 is 1.28 bits per heavy atom. The molecule has 5 nitrogen and oxygen atoms in total. The van der Waals surface area contributed by atoms with Crippen molar-refractivity contribution in [1.29, 1.82) is 0 Å². The molecule has 2 rings (SSSR count). The lowest BCUT2D eigenvalue weighted by Gasteiger charge is -2.22. The summed E-state index contributed by atoms with van der Waals surface area (Å²) in [6.45, 7) is 5.53. The molecule has 0 saturated carbocycles. The molecule has 1 aliphatic rings. The Bertz CT molecular complexity index is 499. The zero-order valence-corrected chi connectivity index (χ0v) is 10.6. The van der Waals surface area contributed by atoms with Gasteiger partial charge in [0.1, 0.15) is 11.3 Å². The molecule has 0 spiro atoms. The van der Waals surface area contributed by atoms with Crippen LogP contribution in [0, 0.1) is 0 Å². The van der Waals surface area contributed by atoms with Crippen LogP contribution in [0.2, 0.25) is 0 Å². The predicted molar refractivity (Wildman–Crippen MR) is 66.2 cm³/mol. The highest BCUT2D eigenvalue weighted by Crippen LogP contribution is 2.27. The van der Waals surface area contributed by atoms with E-state index in [9.17, 15) is 9.59 Å². The lowest BCUT2D eigenvalue weighted by Crippen LogP contribution is -2.40. The summed E-state index contributed by atoms with van der Waals surface area (Å²) in [5.74, 6) is 0.326. The van der Waals surface area contributed by atoms with Crippen molar-refractivity contribution < 1.29 is 14.3 Å². The Balaban J connectivity index is 2.33. The fourth-order valence-electron chi connectivity index (χ4n) is 1.90. The SMILES string of the molecule is CC(C)Oc1cccc(C2(C)NC(=O)NC2=O)c1. The Hall–Kier alpha value is -2.04. The minimum absolute atomic E-state index is 0.0556. The molecule has 2 N–H and O–H groups in total. The second-order valence-electron chi connectivity index (χ2n) is 4.73. The summed E-state index contributed by atoms with van der Waals surface area (Å²) in [5.41, 5.74) is -0.336. The van der Waals surface area contributed by atoms with E-state index in [4.69, 9.17) is 4.74 Å². The maximum Gasteiger partial charge on any atom is 0.322 e. The molecule has 0 bridgehead atoms. The second-order valence-corrected chi connectivity index (χ2v) is 4.73. The molecule has 0 radical (unpaired) electrons. The van der Waals surface area contributed by atoms with Crippen LogP contribution in [0.5, 0.6) is 5.75 Å². The normalized spacial score (nSPS) is 22.9. The molecule has 0 aromatic heterocycles. The van der Waals surface area contributed by atoms with Crippen molar-refractivity contribution in [3.63, 3.8) is 0 Å². The molecule has 18 heavy (non-hydrogen) atoms. The maximum absolute atomic E-state index is 11.8. The van der Waals surface area contributed by atoms with Gasteiger partial charge in [-0.3, -0.25) is 10.1 Å². The number of nitrogens with one attached hydrogen (secondary N) is 2. The van der Waals surface area contributed by atoms with Gasteiger partial charge in [0.05, 0.1) is 6.10 Å². The third-order valence-electron chi connectivity index (χ3n) is 2.83. The van der Waals surface area contributed by atoms with Crippen molar-refractivity contribution >= 4 is 11.9 Å². The number of rotatable bonds is 3. The second kappa shape index (κ2) is 4.33. The van der Waals surface area contributed by atoms with E-state index in [1.807, 2.05) is 19.9 Å². The quantitative estimate of drug-likeness (QED) is 0.797. The van der Waals surface area contributed by atoms with E-state index in [0.29, 0.717) is 11.3 Å². The van der Waals surface area contributed by atoms with Crippen molar-refractivity contribution in [2.45, 2.75) is 32.4 Å². The number of hydrogen-bond donors (Lipinski definition) is 2. The van der Waals surface area contributed by atoms with Crippen LogP contribution in [-0.4, -0.2) is 18.0 Å². The molecule has 1 unspecified atom stereocenters. The highest BCUT2D eigenvalue weighted by molar-refractivity contribution is 6.07. The summed E-state index contributed by atoms with van der Waals surface area (Å²) in [6, 6.07) is 6.71. The third-order valence-corrected chi connectivity index (χ3v) is 2.83. The van der Waals surface area contributed by atoms with Gasteiger partial charge in [-0.15, -0.1) is 0 Å². The number of carbonyl (C=O) groups is 2. The van der Waals surface area contributed by atoms with Gasteiger partial charge in [0.15, 0.2) is 0 Å². The monoisotopic (exact) mass is 248 g/mol. The van der Waals surface area contributed by atoms with Gasteiger partial charge < -0.3 is 10.1 Å². The van der Waals surface area contributed by atoms with Crippen LogP contribution < -0.4 is 15.4 Å². The summed E-state index contributed by atoms with van der Waals surface area (Å²) in [6.07, 6.45) is 0.0556. The fraction of sp³-hybridized carbons (Fsp3) is 0.385. The molecule has 1 aliphatic heterocycles. The van der Waals surface area contributed by atoms with Gasteiger partial charge in [-0.2, -0.15) is 0 Å². The van der Waals surface area contributed by atoms with Crippen LogP contribution in [-0.2, 0) is 10.3 Å². The number of urea groups is 1. The molecular weight excluding hydrogens is 232 g/mol. The fourth-order valence-corrected chi connectivity index (χ4v) is 1.90. The number of imide groups is 1. The summed E-state index contributed by atoms with van der Waals surface area (Å²) >= 11 is 0. The van der Waals surface area contributed by atoms with Gasteiger partial charge >= 0.3 is 6.03 Å². The number of benzene rings is 1. The van der Waals surface area contributed by atoms with Crippen LogP contribution in [0.4, 0.5) is 4.79 Å². The van der Waals surface area contributed by atoms with Crippen molar-refractivity contribution in [3.8, 4) is 5.75 Å². The number of amides is 3. The number of ether oxygens (including phenoxy) is 1. The molecule has 3 amide bonds. The van der Waals surface area contributed by atoms with Crippen LogP contribution in [0.3, 0.4) is 0 Å². The molecule has 0 aliphatic carbocycles. The van der Waals surface area contributed by atoms with Gasteiger partial charge in [-0.1, -0.05) is 12.1 Å². The highest BCUT2D eigenvalue weighted by atomic mass is 16.5. The lowest BCUT2D eigenvalue weighted by molar-refractivity contribution is -0.123.